The van der Waals surface area contributed by atoms with Gasteiger partial charge < -0.3 is 4.42 Å². The fourth-order valence-corrected chi connectivity index (χ4v) is 1.64. The molecule has 2 heteroatoms. The van der Waals surface area contributed by atoms with E-state index in [0.717, 1.165) is 17.8 Å². The van der Waals surface area contributed by atoms with Gasteiger partial charge in [0.15, 0.2) is 0 Å². The largest absolute Gasteiger partial charge is 0.461 e. The number of fused-ring (bicyclic) bond motifs is 1. The van der Waals surface area contributed by atoms with E-state index in [1.165, 1.54) is 5.39 Å². The molecule has 1 nitrogen and oxygen atoms in total. The molecule has 2 aromatic rings. The summed E-state index contributed by atoms with van der Waals surface area (Å²) in [6, 6.07) is 10.2. The first kappa shape index (κ1) is 9.60. The summed E-state index contributed by atoms with van der Waals surface area (Å²) in [6.07, 6.45) is 0.915. The average Bonchev–Trinajstić information content (AvgIpc) is 2.59. The highest BCUT2D eigenvalue weighted by atomic mass is 35.5. The molecule has 1 atom stereocenters. The maximum absolute atomic E-state index is 5.76. The molecule has 1 aromatic heterocycles. The van der Waals surface area contributed by atoms with Crippen molar-refractivity contribution in [2.45, 2.75) is 13.3 Å². The molecule has 0 saturated carbocycles. The van der Waals surface area contributed by atoms with Gasteiger partial charge >= 0.3 is 0 Å². The monoisotopic (exact) mass is 208 g/mol. The van der Waals surface area contributed by atoms with Crippen molar-refractivity contribution in [1.29, 1.82) is 0 Å². The normalized spacial score (nSPS) is 13.3. The first-order valence-electron chi connectivity index (χ1n) is 4.83. The Morgan fingerprint density at radius 1 is 1.36 bits per heavy atom. The van der Waals surface area contributed by atoms with E-state index in [2.05, 4.69) is 19.1 Å². The van der Waals surface area contributed by atoms with Gasteiger partial charge in [-0.25, -0.2) is 0 Å². The quantitative estimate of drug-likeness (QED) is 0.699. The molecule has 0 amide bonds. The van der Waals surface area contributed by atoms with E-state index in [1.807, 2.05) is 18.2 Å². The van der Waals surface area contributed by atoms with Crippen LogP contribution in [0.4, 0.5) is 0 Å². The van der Waals surface area contributed by atoms with Crippen molar-refractivity contribution in [1.82, 2.24) is 0 Å². The Balaban J connectivity index is 2.27. The number of para-hydroxylation sites is 1. The van der Waals surface area contributed by atoms with Crippen LogP contribution in [0.3, 0.4) is 0 Å². The number of benzene rings is 1. The van der Waals surface area contributed by atoms with E-state index in [0.29, 0.717) is 11.8 Å². The molecular weight excluding hydrogens is 196 g/mol. The molecule has 0 aliphatic heterocycles. The molecule has 1 unspecified atom stereocenters. The van der Waals surface area contributed by atoms with Crippen LogP contribution in [0.2, 0.25) is 0 Å². The lowest BCUT2D eigenvalue weighted by molar-refractivity contribution is 0.502. The van der Waals surface area contributed by atoms with Gasteiger partial charge in [-0.05, 0) is 18.1 Å². The highest BCUT2D eigenvalue weighted by molar-refractivity contribution is 6.18. The maximum Gasteiger partial charge on any atom is 0.134 e. The molecule has 0 N–H and O–H groups in total. The Bertz CT molecular complexity index is 386. The van der Waals surface area contributed by atoms with Gasteiger partial charge in [0, 0.05) is 17.7 Å². The molecule has 0 saturated heterocycles. The molecule has 2 rings (SSSR count). The van der Waals surface area contributed by atoms with Gasteiger partial charge in [-0.3, -0.25) is 0 Å². The van der Waals surface area contributed by atoms with Crippen molar-refractivity contribution in [2.24, 2.45) is 5.92 Å². The van der Waals surface area contributed by atoms with Crippen molar-refractivity contribution in [3.63, 3.8) is 0 Å². The molecular formula is C12H13ClO. The van der Waals surface area contributed by atoms with Crippen LogP contribution >= 0.6 is 11.6 Å². The smallest absolute Gasteiger partial charge is 0.134 e. The van der Waals surface area contributed by atoms with Gasteiger partial charge in [-0.15, -0.1) is 11.6 Å². The third-order valence-electron chi connectivity index (χ3n) is 2.29. The molecule has 0 spiro atoms. The van der Waals surface area contributed by atoms with E-state index in [-0.39, 0.29) is 0 Å². The average molecular weight is 209 g/mol. The zero-order chi connectivity index (χ0) is 9.97. The van der Waals surface area contributed by atoms with Crippen molar-refractivity contribution in [3.05, 3.63) is 36.1 Å². The SMILES string of the molecule is CC(CCl)Cc1cc2ccccc2o1. The molecule has 14 heavy (non-hydrogen) atoms. The van der Waals surface area contributed by atoms with Gasteiger partial charge in [-0.1, -0.05) is 25.1 Å². The second-order valence-electron chi connectivity index (χ2n) is 3.71. The van der Waals surface area contributed by atoms with Crippen LogP contribution in [0.5, 0.6) is 0 Å². The van der Waals surface area contributed by atoms with Crippen LogP contribution < -0.4 is 0 Å². The standard InChI is InChI=1S/C12H13ClO/c1-9(8-13)6-11-7-10-4-2-3-5-12(10)14-11/h2-5,7,9H,6,8H2,1H3. The maximum atomic E-state index is 5.76. The minimum Gasteiger partial charge on any atom is -0.461 e. The summed E-state index contributed by atoms with van der Waals surface area (Å²) in [5.41, 5.74) is 0.962. The summed E-state index contributed by atoms with van der Waals surface area (Å²) in [4.78, 5) is 0. The number of halogens is 1. The highest BCUT2D eigenvalue weighted by Crippen LogP contribution is 2.21. The second kappa shape index (κ2) is 4.05. The fraction of sp³-hybridized carbons (Fsp3) is 0.333. The summed E-state index contributed by atoms with van der Waals surface area (Å²) in [5.74, 6) is 2.17. The van der Waals surface area contributed by atoms with Crippen LogP contribution in [0, 0.1) is 5.92 Å². The fourth-order valence-electron chi connectivity index (χ4n) is 1.54. The lowest BCUT2D eigenvalue weighted by atomic mass is 10.1. The third-order valence-corrected chi connectivity index (χ3v) is 2.82. The summed E-state index contributed by atoms with van der Waals surface area (Å²) in [5, 5.41) is 1.17. The topological polar surface area (TPSA) is 13.1 Å². The van der Waals surface area contributed by atoms with Crippen molar-refractivity contribution >= 4 is 22.6 Å². The van der Waals surface area contributed by atoms with Crippen LogP contribution in [0.15, 0.2) is 34.7 Å². The molecule has 1 heterocycles. The molecule has 0 aliphatic rings. The minimum atomic E-state index is 0.470. The molecule has 74 valence electrons. The minimum absolute atomic E-state index is 0.470. The first-order chi connectivity index (χ1) is 6.79. The summed E-state index contributed by atoms with van der Waals surface area (Å²) in [6.45, 7) is 2.13. The Kier molecular flexibility index (Phi) is 2.78. The summed E-state index contributed by atoms with van der Waals surface area (Å²) >= 11 is 5.76. The van der Waals surface area contributed by atoms with Gasteiger partial charge in [-0.2, -0.15) is 0 Å². The van der Waals surface area contributed by atoms with E-state index in [1.54, 1.807) is 0 Å². The third kappa shape index (κ3) is 1.93. The zero-order valence-electron chi connectivity index (χ0n) is 8.16. The predicted molar refractivity (Wildman–Crippen MR) is 59.8 cm³/mol. The van der Waals surface area contributed by atoms with E-state index >= 15 is 0 Å². The lowest BCUT2D eigenvalue weighted by Gasteiger charge is -2.02. The highest BCUT2D eigenvalue weighted by Gasteiger charge is 2.07. The number of furan rings is 1. The van der Waals surface area contributed by atoms with Gasteiger partial charge in [0.1, 0.15) is 11.3 Å². The number of hydrogen-bond donors (Lipinski definition) is 0. The van der Waals surface area contributed by atoms with Gasteiger partial charge in [0.2, 0.25) is 0 Å². The van der Waals surface area contributed by atoms with Crippen LogP contribution in [-0.4, -0.2) is 5.88 Å². The molecule has 1 aromatic carbocycles. The molecule has 0 fully saturated rings. The Hall–Kier alpha value is -0.950. The zero-order valence-corrected chi connectivity index (χ0v) is 8.92. The first-order valence-corrected chi connectivity index (χ1v) is 5.36. The second-order valence-corrected chi connectivity index (χ2v) is 4.02. The van der Waals surface area contributed by atoms with Crippen LogP contribution in [-0.2, 0) is 6.42 Å². The molecule has 0 bridgehead atoms. The Labute approximate surface area is 88.7 Å². The Morgan fingerprint density at radius 3 is 2.86 bits per heavy atom. The Morgan fingerprint density at radius 2 is 2.14 bits per heavy atom. The van der Waals surface area contributed by atoms with Gasteiger partial charge in [0.25, 0.3) is 0 Å². The molecule has 0 aliphatic carbocycles. The summed E-state index contributed by atoms with van der Waals surface area (Å²) < 4.78 is 5.68. The van der Waals surface area contributed by atoms with Crippen LogP contribution in [0.25, 0.3) is 11.0 Å². The number of hydrogen-bond acceptors (Lipinski definition) is 1. The lowest BCUT2D eigenvalue weighted by Crippen LogP contribution is -1.99. The predicted octanol–water partition coefficient (Wildman–Crippen LogP) is 3.85. The van der Waals surface area contributed by atoms with Crippen molar-refractivity contribution < 1.29 is 4.42 Å². The van der Waals surface area contributed by atoms with E-state index in [4.69, 9.17) is 16.0 Å². The van der Waals surface area contributed by atoms with Crippen LogP contribution in [0.1, 0.15) is 12.7 Å². The van der Waals surface area contributed by atoms with Crippen molar-refractivity contribution in [3.8, 4) is 0 Å². The molecule has 0 radical (unpaired) electrons. The van der Waals surface area contributed by atoms with Crippen molar-refractivity contribution in [2.75, 3.05) is 5.88 Å². The number of rotatable bonds is 3. The number of alkyl halides is 1. The van der Waals surface area contributed by atoms with Gasteiger partial charge in [0.05, 0.1) is 0 Å². The van der Waals surface area contributed by atoms with E-state index in [9.17, 15) is 0 Å². The summed E-state index contributed by atoms with van der Waals surface area (Å²) in [7, 11) is 0. The van der Waals surface area contributed by atoms with E-state index < -0.39 is 0 Å².